The summed E-state index contributed by atoms with van der Waals surface area (Å²) in [5, 5.41) is 3.23. The van der Waals surface area contributed by atoms with E-state index in [2.05, 4.69) is 28.2 Å². The third kappa shape index (κ3) is 4.18. The van der Waals surface area contributed by atoms with Gasteiger partial charge in [-0.3, -0.25) is 0 Å². The average Bonchev–Trinajstić information content (AvgIpc) is 2.26. The van der Waals surface area contributed by atoms with Gasteiger partial charge >= 0.3 is 0 Å². The third-order valence-electron chi connectivity index (χ3n) is 1.93. The number of rotatable bonds is 6. The first-order valence-electron chi connectivity index (χ1n) is 4.95. The zero-order chi connectivity index (χ0) is 11.1. The van der Waals surface area contributed by atoms with E-state index >= 15 is 0 Å². The predicted molar refractivity (Wildman–Crippen MR) is 63.0 cm³/mol. The zero-order valence-electron chi connectivity index (χ0n) is 8.72. The van der Waals surface area contributed by atoms with Crippen LogP contribution < -0.4 is 10.1 Å². The molecular weight excluding hydrogens is 261 g/mol. The molecule has 0 fully saturated rings. The summed E-state index contributed by atoms with van der Waals surface area (Å²) in [6.07, 6.45) is 0. The molecule has 1 aromatic rings. The number of nitrogens with one attached hydrogen (secondary N) is 1. The number of hydrogen-bond acceptors (Lipinski definition) is 2. The molecule has 0 aliphatic heterocycles. The molecule has 2 nitrogen and oxygen atoms in total. The van der Waals surface area contributed by atoms with Crippen LogP contribution in [0.2, 0.25) is 0 Å². The van der Waals surface area contributed by atoms with E-state index in [1.54, 1.807) is 0 Å². The van der Waals surface area contributed by atoms with E-state index in [-0.39, 0.29) is 6.61 Å². The van der Waals surface area contributed by atoms with Gasteiger partial charge < -0.3 is 10.1 Å². The molecule has 0 saturated carbocycles. The van der Waals surface area contributed by atoms with Crippen molar-refractivity contribution in [2.45, 2.75) is 13.5 Å². The van der Waals surface area contributed by atoms with Crippen molar-refractivity contribution in [3.8, 4) is 5.75 Å². The Morgan fingerprint density at radius 1 is 1.47 bits per heavy atom. The van der Waals surface area contributed by atoms with Crippen molar-refractivity contribution in [1.82, 2.24) is 5.32 Å². The molecule has 1 N–H and O–H groups in total. The van der Waals surface area contributed by atoms with Crippen molar-refractivity contribution in [1.29, 1.82) is 0 Å². The van der Waals surface area contributed by atoms with Crippen molar-refractivity contribution < 1.29 is 9.13 Å². The van der Waals surface area contributed by atoms with Gasteiger partial charge in [0, 0.05) is 11.0 Å². The second-order valence-corrected chi connectivity index (χ2v) is 3.93. The number of benzene rings is 1. The van der Waals surface area contributed by atoms with Crippen molar-refractivity contribution in [2.24, 2.45) is 0 Å². The quantitative estimate of drug-likeness (QED) is 0.862. The SMILES string of the molecule is CCNCc1cc(OCCF)ccc1Br. The second-order valence-electron chi connectivity index (χ2n) is 3.07. The van der Waals surface area contributed by atoms with E-state index in [1.807, 2.05) is 18.2 Å². The summed E-state index contributed by atoms with van der Waals surface area (Å²) < 4.78 is 18.2. The monoisotopic (exact) mass is 275 g/mol. The lowest BCUT2D eigenvalue weighted by Crippen LogP contribution is -2.12. The minimum absolute atomic E-state index is 0.113. The first-order chi connectivity index (χ1) is 7.27. The van der Waals surface area contributed by atoms with Crippen LogP contribution in [0.25, 0.3) is 0 Å². The largest absolute Gasteiger partial charge is 0.491 e. The van der Waals surface area contributed by atoms with Gasteiger partial charge in [0.2, 0.25) is 0 Å². The van der Waals surface area contributed by atoms with Gasteiger partial charge in [-0.05, 0) is 30.3 Å². The molecule has 0 amide bonds. The van der Waals surface area contributed by atoms with E-state index in [9.17, 15) is 4.39 Å². The topological polar surface area (TPSA) is 21.3 Å². The molecule has 15 heavy (non-hydrogen) atoms. The lowest BCUT2D eigenvalue weighted by atomic mass is 10.2. The summed E-state index contributed by atoms with van der Waals surface area (Å²) in [6, 6.07) is 5.66. The lowest BCUT2D eigenvalue weighted by molar-refractivity contribution is 0.273. The van der Waals surface area contributed by atoms with Crippen LogP contribution in [0.1, 0.15) is 12.5 Å². The van der Waals surface area contributed by atoms with E-state index in [0.29, 0.717) is 5.75 Å². The smallest absolute Gasteiger partial charge is 0.123 e. The Morgan fingerprint density at radius 3 is 2.93 bits per heavy atom. The predicted octanol–water partition coefficient (Wildman–Crippen LogP) is 2.91. The van der Waals surface area contributed by atoms with Crippen LogP contribution in [-0.4, -0.2) is 19.8 Å². The van der Waals surface area contributed by atoms with Crippen molar-refractivity contribution in [3.63, 3.8) is 0 Å². The van der Waals surface area contributed by atoms with Crippen LogP contribution in [-0.2, 0) is 6.54 Å². The van der Waals surface area contributed by atoms with Crippen LogP contribution in [0, 0.1) is 0 Å². The average molecular weight is 276 g/mol. The number of hydrogen-bond donors (Lipinski definition) is 1. The van der Waals surface area contributed by atoms with Gasteiger partial charge in [-0.25, -0.2) is 4.39 Å². The van der Waals surface area contributed by atoms with Crippen LogP contribution in [0.3, 0.4) is 0 Å². The van der Waals surface area contributed by atoms with Crippen LogP contribution in [0.15, 0.2) is 22.7 Å². The molecule has 1 rings (SSSR count). The van der Waals surface area contributed by atoms with Gasteiger partial charge in [0.1, 0.15) is 19.0 Å². The molecule has 4 heteroatoms. The minimum Gasteiger partial charge on any atom is -0.491 e. The van der Waals surface area contributed by atoms with Gasteiger partial charge in [0.25, 0.3) is 0 Å². The van der Waals surface area contributed by atoms with Gasteiger partial charge in [0.15, 0.2) is 0 Å². The molecule has 0 spiro atoms. The molecule has 0 radical (unpaired) electrons. The van der Waals surface area contributed by atoms with Gasteiger partial charge in [-0.2, -0.15) is 0 Å². The van der Waals surface area contributed by atoms with E-state index in [1.165, 1.54) is 0 Å². The van der Waals surface area contributed by atoms with E-state index < -0.39 is 6.67 Å². The fourth-order valence-corrected chi connectivity index (χ4v) is 1.58. The molecule has 0 aromatic heterocycles. The normalized spacial score (nSPS) is 10.3. The van der Waals surface area contributed by atoms with E-state index in [4.69, 9.17) is 4.74 Å². The molecule has 0 aliphatic rings. The summed E-state index contributed by atoms with van der Waals surface area (Å²) in [5.41, 5.74) is 1.12. The molecular formula is C11H15BrFNO. The molecule has 0 saturated heterocycles. The lowest BCUT2D eigenvalue weighted by Gasteiger charge is -2.09. The third-order valence-corrected chi connectivity index (χ3v) is 2.70. The van der Waals surface area contributed by atoms with E-state index in [0.717, 1.165) is 23.1 Å². The number of ether oxygens (including phenoxy) is 1. The Morgan fingerprint density at radius 2 is 2.27 bits per heavy atom. The Bertz CT molecular complexity index is 307. The maximum atomic E-state index is 11.9. The van der Waals surface area contributed by atoms with Gasteiger partial charge in [0.05, 0.1) is 0 Å². The summed E-state index contributed by atoms with van der Waals surface area (Å²) in [4.78, 5) is 0. The summed E-state index contributed by atoms with van der Waals surface area (Å²) in [7, 11) is 0. The summed E-state index contributed by atoms with van der Waals surface area (Å²) in [6.45, 7) is 3.41. The van der Waals surface area contributed by atoms with Crippen molar-refractivity contribution in [3.05, 3.63) is 28.2 Å². The van der Waals surface area contributed by atoms with Crippen LogP contribution in [0.4, 0.5) is 4.39 Å². The first kappa shape index (κ1) is 12.5. The van der Waals surface area contributed by atoms with Gasteiger partial charge in [-0.15, -0.1) is 0 Å². The Balaban J connectivity index is 2.66. The highest BCUT2D eigenvalue weighted by atomic mass is 79.9. The fourth-order valence-electron chi connectivity index (χ4n) is 1.19. The highest BCUT2D eigenvalue weighted by Gasteiger charge is 2.01. The first-order valence-corrected chi connectivity index (χ1v) is 5.75. The molecule has 0 unspecified atom stereocenters. The van der Waals surface area contributed by atoms with Crippen LogP contribution in [0.5, 0.6) is 5.75 Å². The highest BCUT2D eigenvalue weighted by Crippen LogP contribution is 2.22. The van der Waals surface area contributed by atoms with Crippen molar-refractivity contribution in [2.75, 3.05) is 19.8 Å². The Labute approximate surface area is 98.0 Å². The zero-order valence-corrected chi connectivity index (χ0v) is 10.3. The minimum atomic E-state index is -0.460. The Hall–Kier alpha value is -0.610. The molecule has 0 heterocycles. The summed E-state index contributed by atoms with van der Waals surface area (Å²) in [5.74, 6) is 0.712. The number of alkyl halides is 1. The second kappa shape index (κ2) is 6.80. The van der Waals surface area contributed by atoms with Crippen LogP contribution >= 0.6 is 15.9 Å². The molecule has 0 aliphatic carbocycles. The van der Waals surface area contributed by atoms with Gasteiger partial charge in [-0.1, -0.05) is 22.9 Å². The standard InChI is InChI=1S/C11H15BrFNO/c1-2-14-8-9-7-10(15-6-5-13)3-4-11(9)12/h3-4,7,14H,2,5-6,8H2,1H3. The molecule has 84 valence electrons. The number of halogens is 2. The molecule has 1 aromatic carbocycles. The molecule has 0 atom stereocenters. The highest BCUT2D eigenvalue weighted by molar-refractivity contribution is 9.10. The van der Waals surface area contributed by atoms with Crippen molar-refractivity contribution >= 4 is 15.9 Å². The fraction of sp³-hybridized carbons (Fsp3) is 0.455. The summed E-state index contributed by atoms with van der Waals surface area (Å²) >= 11 is 3.46. The maximum absolute atomic E-state index is 11.9. The Kier molecular flexibility index (Phi) is 5.65. The molecule has 0 bridgehead atoms. The maximum Gasteiger partial charge on any atom is 0.123 e.